The van der Waals surface area contributed by atoms with Crippen LogP contribution in [0.3, 0.4) is 0 Å². The number of nitrogens with one attached hydrogen (secondary N) is 1. The maximum atomic E-state index is 14.4. The minimum atomic E-state index is -4.48. The molecule has 456 valence electrons. The Morgan fingerprint density at radius 1 is 0.489 bits per heavy atom. The van der Waals surface area contributed by atoms with Crippen LogP contribution in [0.5, 0.6) is 34.9 Å². The minimum Gasteiger partial charge on any atom is -0.436 e. The number of hydrogen-bond donors (Lipinski definition) is 2. The number of nitrogen functional groups attached to an aromatic ring is 1. The van der Waals surface area contributed by atoms with Crippen molar-refractivity contribution in [3.63, 3.8) is 0 Å². The van der Waals surface area contributed by atoms with Crippen LogP contribution in [0.1, 0.15) is 38.9 Å². The highest BCUT2D eigenvalue weighted by atomic mass is 35.5. The van der Waals surface area contributed by atoms with Gasteiger partial charge in [-0.2, -0.15) is 44.5 Å². The fourth-order valence-electron chi connectivity index (χ4n) is 7.25. The monoisotopic (exact) mass is 1270 g/mol. The number of aliphatic imine (C=N–C) groups is 1. The van der Waals surface area contributed by atoms with E-state index in [4.69, 9.17) is 43.1 Å². The van der Waals surface area contributed by atoms with Crippen molar-refractivity contribution in [2.45, 2.75) is 44.2 Å². The molecule has 9 rings (SSSR count). The van der Waals surface area contributed by atoms with Crippen molar-refractivity contribution in [1.29, 1.82) is 0 Å². The van der Waals surface area contributed by atoms with E-state index in [0.717, 1.165) is 60.9 Å². The Morgan fingerprint density at radius 2 is 0.864 bits per heavy atom. The molecule has 0 aliphatic rings. The van der Waals surface area contributed by atoms with Crippen molar-refractivity contribution >= 4 is 58.0 Å². The first kappa shape index (κ1) is 67.2. The van der Waals surface area contributed by atoms with Crippen molar-refractivity contribution in [2.75, 3.05) is 18.1 Å². The molecule has 0 radical (unpaired) electrons. The summed E-state index contributed by atoms with van der Waals surface area (Å²) in [5.74, 6) is -1.96. The lowest BCUT2D eigenvalue weighted by Crippen LogP contribution is -2.09. The van der Waals surface area contributed by atoms with Gasteiger partial charge in [0.1, 0.15) is 46.7 Å². The largest absolute Gasteiger partial charge is 0.436 e. The average molecular weight is 1270 g/mol. The summed E-state index contributed by atoms with van der Waals surface area (Å²) in [4.78, 5) is 60.0. The second-order valence-electron chi connectivity index (χ2n) is 17.8. The van der Waals surface area contributed by atoms with E-state index in [0.29, 0.717) is 22.6 Å². The Kier molecular flexibility index (Phi) is 23.6. The molecule has 0 amide bonds. The molecule has 9 aromatic rings. The number of rotatable bonds is 16. The summed E-state index contributed by atoms with van der Waals surface area (Å²) < 4.78 is 171. The minimum absolute atomic E-state index is 0.0315. The number of aromatic nitrogens is 6. The number of nitrogens with two attached hydrogens (primary N) is 1. The lowest BCUT2D eigenvalue weighted by atomic mass is 10.0. The number of isocyanates is 1. The third-order valence-corrected chi connectivity index (χ3v) is 11.6. The predicted molar refractivity (Wildman–Crippen MR) is 296 cm³/mol. The maximum Gasteiger partial charge on any atom is 0.416 e. The highest BCUT2D eigenvalue weighted by Crippen LogP contribution is 2.34. The Balaban J connectivity index is 0.000000198. The Bertz CT molecular complexity index is 3930. The van der Waals surface area contributed by atoms with Crippen LogP contribution in [-0.4, -0.2) is 54.6 Å². The molecule has 0 fully saturated rings. The highest BCUT2D eigenvalue weighted by molar-refractivity contribution is 6.29. The molecule has 6 aromatic carbocycles. The number of alkyl halides is 9. The van der Waals surface area contributed by atoms with Gasteiger partial charge in [-0.15, -0.1) is 0 Å². The number of ketones is 2. The lowest BCUT2D eigenvalue weighted by molar-refractivity contribution is -0.138. The zero-order chi connectivity index (χ0) is 64.2. The van der Waals surface area contributed by atoms with Crippen LogP contribution < -0.4 is 25.3 Å². The van der Waals surface area contributed by atoms with Crippen LogP contribution in [0.2, 0.25) is 10.3 Å². The van der Waals surface area contributed by atoms with Crippen molar-refractivity contribution in [1.82, 2.24) is 29.9 Å². The summed E-state index contributed by atoms with van der Waals surface area (Å²) in [5, 5.41) is 3.16. The van der Waals surface area contributed by atoms with E-state index >= 15 is 0 Å². The first-order valence-electron chi connectivity index (χ1n) is 24.8. The molecule has 88 heavy (non-hydrogen) atoms. The third-order valence-electron chi connectivity index (χ3n) is 11.2. The highest BCUT2D eigenvalue weighted by Gasteiger charge is 2.32. The molecule has 0 spiro atoms. The fourth-order valence-corrected chi connectivity index (χ4v) is 7.52. The number of nitrogens with zero attached hydrogens (tertiary/aromatic N) is 7. The number of ether oxygens (including phenoxy) is 3. The van der Waals surface area contributed by atoms with Crippen LogP contribution >= 0.6 is 23.2 Å². The molecule has 3 aromatic heterocycles. The van der Waals surface area contributed by atoms with E-state index in [1.54, 1.807) is 7.05 Å². The van der Waals surface area contributed by atoms with Crippen molar-refractivity contribution in [3.05, 3.63) is 231 Å². The summed E-state index contributed by atoms with van der Waals surface area (Å²) in [7, 11) is 1.66. The number of hydrogen-bond acceptors (Lipinski definition) is 15. The van der Waals surface area contributed by atoms with Crippen molar-refractivity contribution < 1.29 is 81.3 Å². The second-order valence-corrected chi connectivity index (χ2v) is 18.6. The Labute approximate surface area is 500 Å². The van der Waals surface area contributed by atoms with Gasteiger partial charge in [0.15, 0.2) is 34.7 Å². The average Bonchev–Trinajstić information content (AvgIpc) is 2.73. The molecule has 0 saturated carbocycles. The SMILES string of the molecule is CNc1cc(Oc2ccc(CC(=O)Cc3cccc(C(F)(F)F)c3)cc2F)ncn1.Nc1ccc(Oc2cc(Cl)ncn2)c(F)c1.O=C(Cc1cccc(C(F)(F)F)c1)Cc1ccc(Oc2cc(Cl)ncn2)c(F)c1.O=C=Nc1cccc(C(F)(F)F)c1. The van der Waals surface area contributed by atoms with Crippen molar-refractivity contribution in [3.8, 4) is 34.9 Å². The van der Waals surface area contributed by atoms with E-state index in [2.05, 4.69) is 40.2 Å². The molecule has 0 atom stereocenters. The number of Topliss-reactive ketones (excluding diaryl/α,β-unsaturated/α-hetero) is 2. The van der Waals surface area contributed by atoms with E-state index in [9.17, 15) is 67.1 Å². The molecule has 15 nitrogen and oxygen atoms in total. The first-order chi connectivity index (χ1) is 41.6. The molecular weight excluding hydrogens is 1230 g/mol. The molecule has 0 aliphatic carbocycles. The van der Waals surface area contributed by atoms with Gasteiger partial charge in [0.2, 0.25) is 23.7 Å². The number of carbonyl (C=O) groups excluding carboxylic acids is 3. The summed E-state index contributed by atoms with van der Waals surface area (Å²) in [5.41, 5.74) is 4.46. The Morgan fingerprint density at radius 3 is 1.25 bits per heavy atom. The zero-order valence-corrected chi connectivity index (χ0v) is 46.4. The smallest absolute Gasteiger partial charge is 0.416 e. The fraction of sp³-hybridized carbons (Fsp3) is 0.136. The molecule has 3 N–H and O–H groups in total. The van der Waals surface area contributed by atoms with E-state index in [-0.39, 0.29) is 99.3 Å². The van der Waals surface area contributed by atoms with Crippen LogP contribution in [0, 0.1) is 17.5 Å². The van der Waals surface area contributed by atoms with Gasteiger partial charge in [-0.05, 0) is 89.0 Å². The topological polar surface area (TPSA) is 207 Å². The zero-order valence-electron chi connectivity index (χ0n) is 44.9. The van der Waals surface area contributed by atoms with E-state index < -0.39 is 52.7 Å². The first-order valence-corrected chi connectivity index (χ1v) is 25.6. The lowest BCUT2D eigenvalue weighted by Gasteiger charge is -2.09. The van der Waals surface area contributed by atoms with Crippen LogP contribution in [0.25, 0.3) is 0 Å². The molecule has 0 unspecified atom stereocenters. The van der Waals surface area contributed by atoms with Crippen LogP contribution in [0.4, 0.5) is 69.9 Å². The van der Waals surface area contributed by atoms with Gasteiger partial charge in [-0.1, -0.05) is 77.8 Å². The number of benzene rings is 6. The summed E-state index contributed by atoms with van der Waals surface area (Å²) in [6.07, 6.45) is -9.17. The van der Waals surface area contributed by atoms with Gasteiger partial charge in [-0.25, -0.2) is 47.9 Å². The third kappa shape index (κ3) is 21.8. The summed E-state index contributed by atoms with van der Waals surface area (Å²) in [6.45, 7) is 0. The van der Waals surface area contributed by atoms with Gasteiger partial charge >= 0.3 is 18.5 Å². The molecule has 0 aliphatic heterocycles. The van der Waals surface area contributed by atoms with E-state index in [1.807, 2.05) is 0 Å². The quantitative estimate of drug-likeness (QED) is 0.0303. The number of halogens is 14. The molecule has 0 saturated heterocycles. The summed E-state index contributed by atoms with van der Waals surface area (Å²) >= 11 is 11.3. The molecule has 0 bridgehead atoms. The normalized spacial score (nSPS) is 11.0. The van der Waals surface area contributed by atoms with Crippen LogP contribution in [0.15, 0.2) is 170 Å². The standard InChI is InChI=1S/C21H17F4N3O2.C20H13ClF4N2O2.C10H7ClFN3O.C8H4F3NO/c1-26-19-11-20(28-12-27-19)30-18-6-5-14(10-17(18)22)9-16(29)8-13-3-2-4-15(7-13)21(23,24)25;21-18-10-19(27-11-26-18)29-17-5-4-13(9-16(17)22)8-15(28)7-12-2-1-3-14(6-12)20(23,24)25;11-9-4-10(15-5-14-9)16-8-2-1-6(13)3-7(8)12;9-8(10,11)6-2-1-3-7(4-6)12-5-13/h2-7,10-12H,8-9H2,1H3,(H,26,27,28);1-6,9-11H,7-8H2;1-5H,13H2;1-4H. The predicted octanol–water partition coefficient (Wildman–Crippen LogP) is 15.6. The van der Waals surface area contributed by atoms with Gasteiger partial charge in [-0.3, -0.25) is 9.59 Å². The number of anilines is 2. The molecular formula is C59H41Cl2F12N9O6. The van der Waals surface area contributed by atoms with Gasteiger partial charge < -0.3 is 25.3 Å². The second kappa shape index (κ2) is 30.9. The van der Waals surface area contributed by atoms with Gasteiger partial charge in [0.25, 0.3) is 0 Å². The van der Waals surface area contributed by atoms with Gasteiger partial charge in [0.05, 0.1) is 22.4 Å². The maximum absolute atomic E-state index is 14.4. The van der Waals surface area contributed by atoms with Crippen LogP contribution in [-0.2, 0) is 58.6 Å². The van der Waals surface area contributed by atoms with E-state index in [1.165, 1.54) is 110 Å². The molecule has 29 heteroatoms. The summed E-state index contributed by atoms with van der Waals surface area (Å²) in [6, 6.07) is 29.6. The number of carbonyl (C=O) groups is 2. The van der Waals surface area contributed by atoms with Crippen molar-refractivity contribution in [2.24, 2.45) is 4.99 Å². The Hall–Kier alpha value is -9.98. The van der Waals surface area contributed by atoms with Gasteiger partial charge in [0, 0.05) is 62.7 Å². The molecule has 3 heterocycles.